The van der Waals surface area contributed by atoms with Gasteiger partial charge in [0.2, 0.25) is 0 Å². The minimum Gasteiger partial charge on any atom is -0.495 e. The molecule has 0 bridgehead atoms. The van der Waals surface area contributed by atoms with Gasteiger partial charge in [0, 0.05) is 31.2 Å². The fourth-order valence-electron chi connectivity index (χ4n) is 3.97. The van der Waals surface area contributed by atoms with Crippen LogP contribution in [-0.4, -0.2) is 61.7 Å². The predicted molar refractivity (Wildman–Crippen MR) is 111 cm³/mol. The highest BCUT2D eigenvalue weighted by atomic mass is 16.5. The van der Waals surface area contributed by atoms with E-state index in [1.165, 1.54) is 7.11 Å². The lowest BCUT2D eigenvalue weighted by molar-refractivity contribution is -0.150. The number of nitrogens with two attached hydrogens (primary N) is 2. The van der Waals surface area contributed by atoms with Gasteiger partial charge in [-0.2, -0.15) is 0 Å². The van der Waals surface area contributed by atoms with Gasteiger partial charge in [0.1, 0.15) is 17.9 Å². The molecule has 3 rings (SSSR count). The van der Waals surface area contributed by atoms with E-state index >= 15 is 0 Å². The van der Waals surface area contributed by atoms with E-state index < -0.39 is 6.04 Å². The molecule has 1 aromatic rings. The molecule has 2 fully saturated rings. The molecule has 2 unspecified atom stereocenters. The second-order valence-corrected chi connectivity index (χ2v) is 7.95. The highest BCUT2D eigenvalue weighted by molar-refractivity contribution is 5.95. The van der Waals surface area contributed by atoms with Crippen LogP contribution in [0.2, 0.25) is 0 Å². The number of benzene rings is 1. The molecule has 2 aliphatic rings. The summed E-state index contributed by atoms with van der Waals surface area (Å²) in [5.41, 5.74) is 12.8. The summed E-state index contributed by atoms with van der Waals surface area (Å²) < 4.78 is 10.7. The van der Waals surface area contributed by atoms with Crippen molar-refractivity contribution in [1.82, 2.24) is 10.2 Å². The maximum Gasteiger partial charge on any atom is 0.323 e. The first-order chi connectivity index (χ1) is 14.0. The van der Waals surface area contributed by atoms with Gasteiger partial charge >= 0.3 is 5.97 Å². The zero-order chi connectivity index (χ0) is 20.8. The number of ether oxygens (including phenoxy) is 2. The first-order valence-electron chi connectivity index (χ1n) is 10.4. The third kappa shape index (κ3) is 5.83. The fourth-order valence-corrected chi connectivity index (χ4v) is 3.97. The standard InChI is InChI=1S/C21H32N4O4/c1-28-19-12-14(6-7-17(19)22)20(26)24-15-8-10-25(13-15)11-9-18(23)21(27)29-16-4-2-3-5-16/h6-7,12,15-16,18H,2-5,8-11,13,22-23H2,1H3,(H,24,26). The Hall–Kier alpha value is -2.32. The zero-order valence-corrected chi connectivity index (χ0v) is 17.1. The van der Waals surface area contributed by atoms with Gasteiger partial charge in [0.05, 0.1) is 12.8 Å². The molecule has 0 radical (unpaired) electrons. The molecule has 1 aliphatic heterocycles. The summed E-state index contributed by atoms with van der Waals surface area (Å²) in [4.78, 5) is 26.8. The van der Waals surface area contributed by atoms with Gasteiger partial charge in [-0.05, 0) is 56.7 Å². The number of nitrogen functional groups attached to an aromatic ring is 1. The summed E-state index contributed by atoms with van der Waals surface area (Å²) in [7, 11) is 1.52. The van der Waals surface area contributed by atoms with Crippen molar-refractivity contribution in [2.24, 2.45) is 5.73 Å². The zero-order valence-electron chi connectivity index (χ0n) is 17.1. The van der Waals surface area contributed by atoms with Gasteiger partial charge in [-0.1, -0.05) is 0 Å². The van der Waals surface area contributed by atoms with E-state index in [1.54, 1.807) is 18.2 Å². The van der Waals surface area contributed by atoms with Gasteiger partial charge < -0.3 is 31.2 Å². The summed E-state index contributed by atoms with van der Waals surface area (Å²) in [6, 6.07) is 4.47. The summed E-state index contributed by atoms with van der Waals surface area (Å²) in [6.45, 7) is 2.31. The number of carbonyl (C=O) groups excluding carboxylic acids is 2. The molecule has 1 aromatic carbocycles. The number of likely N-dealkylation sites (tertiary alicyclic amines) is 1. The molecule has 1 heterocycles. The van der Waals surface area contributed by atoms with Gasteiger partial charge in [-0.15, -0.1) is 0 Å². The minimum absolute atomic E-state index is 0.0480. The molecular weight excluding hydrogens is 372 g/mol. The Morgan fingerprint density at radius 1 is 1.28 bits per heavy atom. The van der Waals surface area contributed by atoms with Gasteiger partial charge in [-0.25, -0.2) is 0 Å². The molecule has 29 heavy (non-hydrogen) atoms. The second-order valence-electron chi connectivity index (χ2n) is 7.95. The Labute approximate surface area is 171 Å². The summed E-state index contributed by atoms with van der Waals surface area (Å²) in [5, 5.41) is 3.05. The maximum absolute atomic E-state index is 12.5. The van der Waals surface area contributed by atoms with Crippen LogP contribution in [0.15, 0.2) is 18.2 Å². The molecule has 1 aliphatic carbocycles. The molecule has 1 saturated carbocycles. The number of amides is 1. The van der Waals surface area contributed by atoms with Crippen LogP contribution in [-0.2, 0) is 9.53 Å². The van der Waals surface area contributed by atoms with E-state index in [4.69, 9.17) is 20.9 Å². The monoisotopic (exact) mass is 404 g/mol. The van der Waals surface area contributed by atoms with Crippen LogP contribution in [0.5, 0.6) is 5.75 Å². The van der Waals surface area contributed by atoms with Gasteiger partial charge in [0.15, 0.2) is 0 Å². The Morgan fingerprint density at radius 3 is 2.76 bits per heavy atom. The van der Waals surface area contributed by atoms with E-state index in [0.29, 0.717) is 30.0 Å². The van der Waals surface area contributed by atoms with E-state index in [-0.39, 0.29) is 24.0 Å². The average Bonchev–Trinajstić information content (AvgIpc) is 3.38. The van der Waals surface area contributed by atoms with Crippen LogP contribution in [0, 0.1) is 0 Å². The van der Waals surface area contributed by atoms with E-state index in [2.05, 4.69) is 10.2 Å². The topological polar surface area (TPSA) is 120 Å². The smallest absolute Gasteiger partial charge is 0.323 e. The normalized spacial score (nSPS) is 21.1. The van der Waals surface area contributed by atoms with Crippen LogP contribution in [0.25, 0.3) is 0 Å². The first kappa shape index (κ1) is 21.4. The van der Waals surface area contributed by atoms with Crippen LogP contribution in [0.3, 0.4) is 0 Å². The highest BCUT2D eigenvalue weighted by Gasteiger charge is 2.27. The lowest BCUT2D eigenvalue weighted by atomic mass is 10.1. The highest BCUT2D eigenvalue weighted by Crippen LogP contribution is 2.23. The van der Waals surface area contributed by atoms with Crippen molar-refractivity contribution < 1.29 is 19.1 Å². The number of esters is 1. The SMILES string of the molecule is COc1cc(C(=O)NC2CCN(CCC(N)C(=O)OC3CCCC3)C2)ccc1N. The molecule has 1 saturated heterocycles. The summed E-state index contributed by atoms with van der Waals surface area (Å²) in [6.07, 6.45) is 5.61. The third-order valence-corrected chi connectivity index (χ3v) is 5.75. The van der Waals surface area contributed by atoms with Gasteiger partial charge in [0.25, 0.3) is 5.91 Å². The van der Waals surface area contributed by atoms with Crippen LogP contribution in [0.4, 0.5) is 5.69 Å². The van der Waals surface area contributed by atoms with Crippen molar-refractivity contribution in [3.05, 3.63) is 23.8 Å². The molecule has 0 spiro atoms. The molecule has 1 amide bonds. The number of anilines is 1. The quantitative estimate of drug-likeness (QED) is 0.441. The third-order valence-electron chi connectivity index (χ3n) is 5.75. The molecule has 0 aromatic heterocycles. The first-order valence-corrected chi connectivity index (χ1v) is 10.4. The largest absolute Gasteiger partial charge is 0.495 e. The van der Waals surface area contributed by atoms with Crippen LogP contribution >= 0.6 is 0 Å². The molecular formula is C21H32N4O4. The number of carbonyl (C=O) groups is 2. The summed E-state index contributed by atoms with van der Waals surface area (Å²) in [5.74, 6) is 0.0504. The number of methoxy groups -OCH3 is 1. The number of nitrogens with zero attached hydrogens (tertiary/aromatic N) is 1. The Bertz CT molecular complexity index is 721. The molecule has 160 valence electrons. The van der Waals surface area contributed by atoms with Crippen molar-refractivity contribution in [2.75, 3.05) is 32.5 Å². The predicted octanol–water partition coefficient (Wildman–Crippen LogP) is 1.28. The lowest BCUT2D eigenvalue weighted by Gasteiger charge is -2.20. The number of nitrogens with one attached hydrogen (secondary N) is 1. The lowest BCUT2D eigenvalue weighted by Crippen LogP contribution is -2.39. The number of hydrogen-bond donors (Lipinski definition) is 3. The molecule has 8 heteroatoms. The second kappa shape index (κ2) is 9.93. The maximum atomic E-state index is 12.5. The summed E-state index contributed by atoms with van der Waals surface area (Å²) >= 11 is 0. The van der Waals surface area contributed by atoms with E-state index in [9.17, 15) is 9.59 Å². The Balaban J connectivity index is 1.40. The van der Waals surface area contributed by atoms with Crippen molar-refractivity contribution in [3.63, 3.8) is 0 Å². The van der Waals surface area contributed by atoms with E-state index in [0.717, 1.165) is 45.2 Å². The molecule has 8 nitrogen and oxygen atoms in total. The van der Waals surface area contributed by atoms with Gasteiger partial charge in [-0.3, -0.25) is 9.59 Å². The Kier molecular flexibility index (Phi) is 7.33. The Morgan fingerprint density at radius 2 is 2.03 bits per heavy atom. The fraction of sp³-hybridized carbons (Fsp3) is 0.619. The van der Waals surface area contributed by atoms with Crippen molar-refractivity contribution in [2.45, 2.75) is 56.7 Å². The number of rotatable bonds is 8. The van der Waals surface area contributed by atoms with Crippen LogP contribution < -0.4 is 21.5 Å². The van der Waals surface area contributed by atoms with Crippen molar-refractivity contribution >= 4 is 17.6 Å². The molecule has 2 atom stereocenters. The van der Waals surface area contributed by atoms with Crippen LogP contribution in [0.1, 0.15) is 48.9 Å². The number of hydrogen-bond acceptors (Lipinski definition) is 7. The van der Waals surface area contributed by atoms with E-state index in [1.807, 2.05) is 0 Å². The average molecular weight is 405 g/mol. The molecule has 5 N–H and O–H groups in total. The van der Waals surface area contributed by atoms with Crippen molar-refractivity contribution in [1.29, 1.82) is 0 Å². The van der Waals surface area contributed by atoms with Crippen molar-refractivity contribution in [3.8, 4) is 5.75 Å². The minimum atomic E-state index is -0.591.